The van der Waals surface area contributed by atoms with Gasteiger partial charge in [0.1, 0.15) is 9.53 Å². The van der Waals surface area contributed by atoms with Crippen LogP contribution < -0.4 is 10.9 Å². The fourth-order valence-corrected chi connectivity index (χ4v) is 6.29. The summed E-state index contributed by atoms with van der Waals surface area (Å²) in [4.78, 5) is 36.0. The first-order valence-electron chi connectivity index (χ1n) is 11.0. The molecule has 1 saturated carbocycles. The van der Waals surface area contributed by atoms with Crippen molar-refractivity contribution in [2.75, 3.05) is 12.4 Å². The summed E-state index contributed by atoms with van der Waals surface area (Å²) in [6.45, 7) is 1.20. The quantitative estimate of drug-likeness (QED) is 0.448. The average molecular weight is 459 g/mol. The zero-order valence-electron chi connectivity index (χ0n) is 17.3. The number of pyridine rings is 1. The van der Waals surface area contributed by atoms with Crippen LogP contribution in [0.5, 0.6) is 0 Å². The van der Waals surface area contributed by atoms with Crippen molar-refractivity contribution in [3.05, 3.63) is 28.7 Å². The number of amides is 1. The Morgan fingerprint density at radius 1 is 1.26 bits per heavy atom. The molecule has 4 heterocycles. The summed E-state index contributed by atoms with van der Waals surface area (Å²) in [6.07, 6.45) is 9.40. The molecule has 164 valence electrons. The summed E-state index contributed by atoms with van der Waals surface area (Å²) in [5.41, 5.74) is 0.607. The Morgan fingerprint density at radius 3 is 2.94 bits per heavy atom. The number of fused-ring (bicyclic) bond motifs is 3. The summed E-state index contributed by atoms with van der Waals surface area (Å²) in [7, 11) is 0. The highest BCUT2D eigenvalue weighted by atomic mass is 32.2. The SMILES string of the molecule is O=C(CSc1nc2c(sc3ncccc32)c(=O)n1C[C@@H]1CCCO1)NC1CCCCC1. The fraction of sp³-hybridized carbons (Fsp3) is 0.545. The lowest BCUT2D eigenvalue weighted by molar-refractivity contribution is -0.119. The molecule has 1 amide bonds. The van der Waals surface area contributed by atoms with Gasteiger partial charge in [0, 0.05) is 24.2 Å². The van der Waals surface area contributed by atoms with Crippen LogP contribution in [0.25, 0.3) is 20.4 Å². The molecule has 3 aromatic rings. The summed E-state index contributed by atoms with van der Waals surface area (Å²) in [6, 6.07) is 4.08. The van der Waals surface area contributed by atoms with Crippen LogP contribution in [0.1, 0.15) is 44.9 Å². The van der Waals surface area contributed by atoms with Crippen LogP contribution in [-0.4, -0.2) is 44.9 Å². The van der Waals surface area contributed by atoms with E-state index >= 15 is 0 Å². The fourth-order valence-electron chi connectivity index (χ4n) is 4.45. The Labute approximate surface area is 188 Å². The van der Waals surface area contributed by atoms with E-state index < -0.39 is 0 Å². The molecule has 0 bridgehead atoms. The zero-order chi connectivity index (χ0) is 21.2. The maximum absolute atomic E-state index is 13.4. The predicted molar refractivity (Wildman–Crippen MR) is 124 cm³/mol. The molecule has 1 atom stereocenters. The molecule has 31 heavy (non-hydrogen) atoms. The van der Waals surface area contributed by atoms with Gasteiger partial charge in [0.15, 0.2) is 5.16 Å². The van der Waals surface area contributed by atoms with Crippen molar-refractivity contribution >= 4 is 49.4 Å². The van der Waals surface area contributed by atoms with Gasteiger partial charge in [0.25, 0.3) is 5.56 Å². The molecule has 0 spiro atoms. The molecule has 7 nitrogen and oxygen atoms in total. The number of ether oxygens (including phenoxy) is 1. The van der Waals surface area contributed by atoms with Crippen molar-refractivity contribution in [2.45, 2.75) is 68.8 Å². The monoisotopic (exact) mass is 458 g/mol. The first-order valence-corrected chi connectivity index (χ1v) is 12.8. The minimum absolute atomic E-state index is 0.00626. The Hall–Kier alpha value is -1.97. The second-order valence-corrected chi connectivity index (χ2v) is 10.2. The highest BCUT2D eigenvalue weighted by molar-refractivity contribution is 7.99. The molecule has 3 aromatic heterocycles. The number of carbonyl (C=O) groups excluding carboxylic acids is 1. The summed E-state index contributed by atoms with van der Waals surface area (Å²) in [5.74, 6) is 0.257. The van der Waals surface area contributed by atoms with E-state index in [1.807, 2.05) is 12.1 Å². The lowest BCUT2D eigenvalue weighted by atomic mass is 9.95. The van der Waals surface area contributed by atoms with Gasteiger partial charge >= 0.3 is 0 Å². The maximum Gasteiger partial charge on any atom is 0.272 e. The molecule has 1 aliphatic carbocycles. The molecule has 5 rings (SSSR count). The molecule has 2 aliphatic rings. The molecule has 0 unspecified atom stereocenters. The van der Waals surface area contributed by atoms with Crippen LogP contribution in [0.15, 0.2) is 28.3 Å². The Bertz CT molecular complexity index is 1150. The van der Waals surface area contributed by atoms with E-state index in [0.29, 0.717) is 21.9 Å². The number of nitrogens with one attached hydrogen (secondary N) is 1. The largest absolute Gasteiger partial charge is 0.376 e. The van der Waals surface area contributed by atoms with Gasteiger partial charge < -0.3 is 10.1 Å². The van der Waals surface area contributed by atoms with Crippen molar-refractivity contribution in [3.63, 3.8) is 0 Å². The minimum atomic E-state index is -0.0707. The Morgan fingerprint density at radius 2 is 2.13 bits per heavy atom. The van der Waals surface area contributed by atoms with Gasteiger partial charge in [0.05, 0.1) is 23.9 Å². The molecule has 1 saturated heterocycles. The minimum Gasteiger partial charge on any atom is -0.376 e. The van der Waals surface area contributed by atoms with Crippen LogP contribution in [0.2, 0.25) is 0 Å². The topological polar surface area (TPSA) is 86.1 Å². The van der Waals surface area contributed by atoms with Gasteiger partial charge in [-0.3, -0.25) is 14.2 Å². The number of carbonyl (C=O) groups is 1. The van der Waals surface area contributed by atoms with Gasteiger partial charge in [-0.05, 0) is 37.8 Å². The zero-order valence-corrected chi connectivity index (χ0v) is 19.0. The molecular formula is C22H26N4O3S2. The van der Waals surface area contributed by atoms with Crippen LogP contribution in [0.3, 0.4) is 0 Å². The number of nitrogens with zero attached hydrogens (tertiary/aromatic N) is 3. The van der Waals surface area contributed by atoms with E-state index in [1.165, 1.54) is 42.4 Å². The van der Waals surface area contributed by atoms with Crippen molar-refractivity contribution in [2.24, 2.45) is 0 Å². The maximum atomic E-state index is 13.4. The number of thiophene rings is 1. The third-order valence-corrected chi connectivity index (χ3v) is 8.10. The van der Waals surface area contributed by atoms with Crippen LogP contribution in [0, 0.1) is 0 Å². The third kappa shape index (κ3) is 4.49. The number of hydrogen-bond donors (Lipinski definition) is 1. The highest BCUT2D eigenvalue weighted by Gasteiger charge is 2.23. The smallest absolute Gasteiger partial charge is 0.272 e. The molecule has 2 fully saturated rings. The van der Waals surface area contributed by atoms with E-state index in [4.69, 9.17) is 9.72 Å². The molecule has 1 aliphatic heterocycles. The first kappa shape index (κ1) is 20.9. The summed E-state index contributed by atoms with van der Waals surface area (Å²) in [5, 5.41) is 4.62. The lowest BCUT2D eigenvalue weighted by Crippen LogP contribution is -2.37. The van der Waals surface area contributed by atoms with Crippen molar-refractivity contribution < 1.29 is 9.53 Å². The Balaban J connectivity index is 1.44. The normalized spacial score (nSPS) is 19.9. The van der Waals surface area contributed by atoms with Gasteiger partial charge in [-0.15, -0.1) is 11.3 Å². The Kier molecular flexibility index (Phi) is 6.24. The lowest BCUT2D eigenvalue weighted by Gasteiger charge is -2.22. The van der Waals surface area contributed by atoms with E-state index in [2.05, 4.69) is 10.3 Å². The molecule has 0 radical (unpaired) electrons. The number of rotatable bonds is 6. The highest BCUT2D eigenvalue weighted by Crippen LogP contribution is 2.31. The van der Waals surface area contributed by atoms with E-state index in [-0.39, 0.29) is 29.4 Å². The molecule has 9 heteroatoms. The number of aromatic nitrogens is 3. The summed E-state index contributed by atoms with van der Waals surface area (Å²) >= 11 is 2.72. The second kappa shape index (κ2) is 9.26. The first-order chi connectivity index (χ1) is 15.2. The standard InChI is InChI=1S/C22H26N4O3S2/c27-17(24-14-6-2-1-3-7-14)13-30-22-25-18-16-9-4-10-23-20(16)31-19(18)21(28)26(22)12-15-8-5-11-29-15/h4,9-10,14-15H,1-3,5-8,11-13H2,(H,24,27)/t15-/m0/s1. The van der Waals surface area contributed by atoms with E-state index in [1.54, 1.807) is 10.8 Å². The molecule has 1 N–H and O–H groups in total. The van der Waals surface area contributed by atoms with Crippen molar-refractivity contribution in [3.8, 4) is 0 Å². The van der Waals surface area contributed by atoms with Crippen molar-refractivity contribution in [1.82, 2.24) is 19.9 Å². The van der Waals surface area contributed by atoms with Crippen LogP contribution in [-0.2, 0) is 16.1 Å². The number of hydrogen-bond acceptors (Lipinski definition) is 7. The summed E-state index contributed by atoms with van der Waals surface area (Å²) < 4.78 is 8.09. The van der Waals surface area contributed by atoms with Crippen LogP contribution in [0.4, 0.5) is 0 Å². The van der Waals surface area contributed by atoms with Gasteiger partial charge in [-0.2, -0.15) is 0 Å². The van der Waals surface area contributed by atoms with Gasteiger partial charge in [-0.1, -0.05) is 31.0 Å². The predicted octanol–water partition coefficient (Wildman–Crippen LogP) is 3.73. The van der Waals surface area contributed by atoms with Gasteiger partial charge in [-0.25, -0.2) is 9.97 Å². The third-order valence-electron chi connectivity index (χ3n) is 6.03. The van der Waals surface area contributed by atoms with Crippen LogP contribution >= 0.6 is 23.1 Å². The van der Waals surface area contributed by atoms with E-state index in [0.717, 1.165) is 42.5 Å². The molecular weight excluding hydrogens is 432 g/mol. The average Bonchev–Trinajstić information content (AvgIpc) is 3.43. The van der Waals surface area contributed by atoms with E-state index in [9.17, 15) is 9.59 Å². The second-order valence-electron chi connectivity index (χ2n) is 8.27. The number of thioether (sulfide) groups is 1. The van der Waals surface area contributed by atoms with Crippen molar-refractivity contribution in [1.29, 1.82) is 0 Å². The van der Waals surface area contributed by atoms with Gasteiger partial charge in [0.2, 0.25) is 5.91 Å². The molecule has 0 aromatic carbocycles.